The van der Waals surface area contributed by atoms with Crippen LogP contribution in [0.4, 0.5) is 5.69 Å². The second-order valence-corrected chi connectivity index (χ2v) is 10.1. The third-order valence-electron chi connectivity index (χ3n) is 2.53. The molecule has 0 saturated carbocycles. The summed E-state index contributed by atoms with van der Waals surface area (Å²) in [6, 6.07) is 4.93. The first-order valence-electron chi connectivity index (χ1n) is 5.16. The first-order valence-corrected chi connectivity index (χ1v) is 8.27. The van der Waals surface area contributed by atoms with Gasteiger partial charge in [-0.3, -0.25) is 10.1 Å². The van der Waals surface area contributed by atoms with E-state index in [1.807, 2.05) is 0 Å². The second-order valence-electron chi connectivity index (χ2n) is 3.72. The van der Waals surface area contributed by atoms with E-state index in [0.29, 0.717) is 0 Å². The van der Waals surface area contributed by atoms with Crippen LogP contribution in [0.15, 0.2) is 24.3 Å². The molecule has 9 heteroatoms. The monoisotopic (exact) mass is 419 g/mol. The molecule has 19 heavy (non-hydrogen) atoms. The topological polar surface area (TPSA) is 97.5 Å². The SMILES string of the molecule is CCS(=O)(=O)[C@@](Cl)(I)[C@H](O)c1ccc([N+](=O)[O-])cc1. The van der Waals surface area contributed by atoms with Gasteiger partial charge >= 0.3 is 0 Å². The van der Waals surface area contributed by atoms with Crippen LogP contribution in [0.25, 0.3) is 0 Å². The maximum Gasteiger partial charge on any atom is 0.269 e. The van der Waals surface area contributed by atoms with Crippen molar-refractivity contribution >= 4 is 49.7 Å². The normalized spacial score (nSPS) is 16.6. The zero-order chi connectivity index (χ0) is 14.8. The minimum atomic E-state index is -3.70. The fourth-order valence-electron chi connectivity index (χ4n) is 1.33. The van der Waals surface area contributed by atoms with E-state index in [1.54, 1.807) is 0 Å². The summed E-state index contributed by atoms with van der Waals surface area (Å²) in [5.74, 6) is -0.219. The maximum absolute atomic E-state index is 11.8. The van der Waals surface area contributed by atoms with Crippen LogP contribution in [-0.2, 0) is 9.84 Å². The van der Waals surface area contributed by atoms with Gasteiger partial charge in [0.15, 0.2) is 9.84 Å². The highest BCUT2D eigenvalue weighted by Crippen LogP contribution is 2.43. The van der Waals surface area contributed by atoms with Crippen LogP contribution in [0.3, 0.4) is 0 Å². The summed E-state index contributed by atoms with van der Waals surface area (Å²) in [6.45, 7) is 1.42. The number of alkyl halides is 2. The van der Waals surface area contributed by atoms with Crippen molar-refractivity contribution in [1.82, 2.24) is 0 Å². The Morgan fingerprint density at radius 1 is 1.47 bits per heavy atom. The van der Waals surface area contributed by atoms with Crippen molar-refractivity contribution < 1.29 is 18.4 Å². The molecule has 106 valence electrons. The Hall–Kier alpha value is -0.450. The van der Waals surface area contributed by atoms with Gasteiger partial charge in [-0.05, 0) is 40.3 Å². The Balaban J connectivity index is 3.13. The van der Waals surface area contributed by atoms with E-state index >= 15 is 0 Å². The van der Waals surface area contributed by atoms with E-state index in [2.05, 4.69) is 0 Å². The molecule has 0 amide bonds. The van der Waals surface area contributed by atoms with E-state index in [0.717, 1.165) is 0 Å². The number of sulfone groups is 1. The summed E-state index contributed by atoms with van der Waals surface area (Å²) < 4.78 is 21.7. The van der Waals surface area contributed by atoms with E-state index in [1.165, 1.54) is 53.8 Å². The number of nitro groups is 1. The highest BCUT2D eigenvalue weighted by molar-refractivity contribution is 14.1. The van der Waals surface area contributed by atoms with E-state index in [-0.39, 0.29) is 17.0 Å². The van der Waals surface area contributed by atoms with Crippen LogP contribution in [0, 0.1) is 10.1 Å². The molecule has 0 aliphatic carbocycles. The number of benzene rings is 1. The fourth-order valence-corrected chi connectivity index (χ4v) is 3.94. The molecule has 0 fully saturated rings. The standard InChI is InChI=1S/C10H11ClINO5S/c1-2-19(17,18)10(11,12)9(14)7-3-5-8(6-4-7)13(15)16/h3-6,9,14H,2H2,1H3/t9-,10+/m1/s1. The smallest absolute Gasteiger partial charge is 0.269 e. The molecule has 1 aromatic rings. The number of aliphatic hydroxyl groups excluding tert-OH is 1. The molecule has 0 bridgehead atoms. The average molecular weight is 420 g/mol. The largest absolute Gasteiger partial charge is 0.385 e. The van der Waals surface area contributed by atoms with Gasteiger partial charge in [0.1, 0.15) is 6.10 Å². The Kier molecular flexibility index (Phi) is 5.15. The van der Waals surface area contributed by atoms with Gasteiger partial charge in [-0.1, -0.05) is 18.5 Å². The molecule has 0 aliphatic heterocycles. The van der Waals surface area contributed by atoms with Crippen molar-refractivity contribution in [1.29, 1.82) is 0 Å². The van der Waals surface area contributed by atoms with Gasteiger partial charge in [0.2, 0.25) is 2.21 Å². The molecule has 1 N–H and O–H groups in total. The molecule has 0 aliphatic rings. The average Bonchev–Trinajstić information content (AvgIpc) is 2.37. The fraction of sp³-hybridized carbons (Fsp3) is 0.400. The van der Waals surface area contributed by atoms with Gasteiger partial charge < -0.3 is 5.11 Å². The molecule has 0 unspecified atom stereocenters. The lowest BCUT2D eigenvalue weighted by Gasteiger charge is -2.25. The van der Waals surface area contributed by atoms with Crippen LogP contribution >= 0.6 is 34.2 Å². The number of hydrogen-bond acceptors (Lipinski definition) is 5. The van der Waals surface area contributed by atoms with Crippen molar-refractivity contribution in [2.45, 2.75) is 15.2 Å². The lowest BCUT2D eigenvalue weighted by atomic mass is 10.1. The Bertz CT molecular complexity index is 572. The van der Waals surface area contributed by atoms with Gasteiger partial charge in [0.05, 0.1) is 10.7 Å². The third-order valence-corrected chi connectivity index (χ3v) is 7.86. The molecule has 0 aromatic heterocycles. The zero-order valence-corrected chi connectivity index (χ0v) is 13.5. The van der Waals surface area contributed by atoms with Crippen LogP contribution in [0.2, 0.25) is 0 Å². The predicted molar refractivity (Wildman–Crippen MR) is 80.1 cm³/mol. The van der Waals surface area contributed by atoms with Gasteiger partial charge in [-0.15, -0.1) is 0 Å². The van der Waals surface area contributed by atoms with Gasteiger partial charge in [0.25, 0.3) is 5.69 Å². The first-order chi connectivity index (χ1) is 8.63. The molecular weight excluding hydrogens is 409 g/mol. The molecule has 1 aromatic carbocycles. The molecule has 0 saturated heterocycles. The van der Waals surface area contributed by atoms with Crippen LogP contribution < -0.4 is 0 Å². The highest BCUT2D eigenvalue weighted by Gasteiger charge is 2.45. The third kappa shape index (κ3) is 3.36. The minimum Gasteiger partial charge on any atom is -0.385 e. The molecule has 0 radical (unpaired) electrons. The first kappa shape index (κ1) is 16.6. The van der Waals surface area contributed by atoms with Crippen LogP contribution in [0.1, 0.15) is 18.6 Å². The number of rotatable bonds is 5. The molecule has 6 nitrogen and oxygen atoms in total. The molecule has 2 atom stereocenters. The van der Waals surface area contributed by atoms with Crippen molar-refractivity contribution in [3.8, 4) is 0 Å². The quantitative estimate of drug-likeness (QED) is 0.342. The van der Waals surface area contributed by atoms with Crippen molar-refractivity contribution in [2.24, 2.45) is 0 Å². The summed E-state index contributed by atoms with van der Waals surface area (Å²) in [7, 11) is -3.70. The number of halogens is 2. The molecular formula is C10H11ClINO5S. The number of hydrogen-bond donors (Lipinski definition) is 1. The van der Waals surface area contributed by atoms with Crippen LogP contribution in [-0.4, -0.2) is 26.4 Å². The van der Waals surface area contributed by atoms with Gasteiger partial charge in [0, 0.05) is 12.1 Å². The number of nitro benzene ring substituents is 1. The summed E-state index contributed by atoms with van der Waals surface area (Å²) in [4.78, 5) is 9.92. The van der Waals surface area contributed by atoms with E-state index in [4.69, 9.17) is 11.6 Å². The molecule has 0 spiro atoms. The summed E-state index contributed by atoms with van der Waals surface area (Å²) >= 11 is 7.39. The second kappa shape index (κ2) is 5.90. The maximum atomic E-state index is 11.8. The Morgan fingerprint density at radius 3 is 2.32 bits per heavy atom. The van der Waals surface area contributed by atoms with Crippen LogP contribution in [0.5, 0.6) is 0 Å². The number of aliphatic hydroxyl groups is 1. The zero-order valence-electron chi connectivity index (χ0n) is 9.79. The summed E-state index contributed by atoms with van der Waals surface area (Å²) in [6.07, 6.45) is -1.49. The summed E-state index contributed by atoms with van der Waals surface area (Å²) in [5.41, 5.74) is 0.0509. The number of non-ortho nitro benzene ring substituents is 1. The predicted octanol–water partition coefficient (Wildman–Crippen LogP) is 2.39. The minimum absolute atomic E-state index is 0.150. The lowest BCUT2D eigenvalue weighted by Crippen LogP contribution is -2.34. The highest BCUT2D eigenvalue weighted by atomic mass is 127. The van der Waals surface area contributed by atoms with E-state index in [9.17, 15) is 23.6 Å². The molecule has 0 heterocycles. The van der Waals surface area contributed by atoms with Crippen molar-refractivity contribution in [3.63, 3.8) is 0 Å². The van der Waals surface area contributed by atoms with E-state index < -0.39 is 23.1 Å². The van der Waals surface area contributed by atoms with Gasteiger partial charge in [-0.25, -0.2) is 8.42 Å². The molecule has 1 rings (SSSR count). The number of nitrogens with zero attached hydrogens (tertiary/aromatic N) is 1. The Morgan fingerprint density at radius 2 is 1.95 bits per heavy atom. The lowest BCUT2D eigenvalue weighted by molar-refractivity contribution is -0.384. The van der Waals surface area contributed by atoms with Crippen molar-refractivity contribution in [2.75, 3.05) is 5.75 Å². The van der Waals surface area contributed by atoms with Crippen molar-refractivity contribution in [3.05, 3.63) is 39.9 Å². The van der Waals surface area contributed by atoms with Gasteiger partial charge in [-0.2, -0.15) is 0 Å². The summed E-state index contributed by atoms with van der Waals surface area (Å²) in [5, 5.41) is 20.6. The Labute approximate surface area is 129 Å².